The number of alkyl halides is 2. The summed E-state index contributed by atoms with van der Waals surface area (Å²) in [6.07, 6.45) is 0. The summed E-state index contributed by atoms with van der Waals surface area (Å²) < 4.78 is 0. The van der Waals surface area contributed by atoms with Gasteiger partial charge in [0.25, 0.3) is 0 Å². The average Bonchev–Trinajstić information content (AvgIpc) is 2.60. The number of benzene rings is 1. The largest absolute Gasteiger partial charge is 0.0868 e. The van der Waals surface area contributed by atoms with Crippen molar-refractivity contribution in [3.8, 4) is 0 Å². The molecule has 2 atom stereocenters. The second-order valence-electron chi connectivity index (χ2n) is 3.45. The van der Waals surface area contributed by atoms with Crippen LogP contribution in [-0.4, -0.2) is 9.65 Å². The quantitative estimate of drug-likeness (QED) is 0.695. The number of halogens is 2. The first-order valence-corrected chi connectivity index (χ1v) is 5.84. The second-order valence-corrected chi connectivity index (χ2v) is 5.43. The molecule has 0 bridgehead atoms. The van der Waals surface area contributed by atoms with Crippen molar-refractivity contribution in [2.75, 3.05) is 0 Å². The molecule has 2 heteroatoms. The predicted molar refractivity (Wildman–Crippen MR) is 59.2 cm³/mol. The molecule has 0 radical (unpaired) electrons. The fraction of sp³-hybridized carbons (Fsp3) is 0.400. The van der Waals surface area contributed by atoms with Crippen LogP contribution in [0.25, 0.3) is 0 Å². The Labute approximate surface area is 89.6 Å². The lowest BCUT2D eigenvalue weighted by atomic mass is 9.99. The molecule has 1 saturated carbocycles. The van der Waals surface area contributed by atoms with E-state index in [2.05, 4.69) is 69.1 Å². The van der Waals surface area contributed by atoms with Crippen molar-refractivity contribution < 1.29 is 0 Å². The first kappa shape index (κ1) is 8.76. The highest BCUT2D eigenvalue weighted by atomic mass is 79.9. The van der Waals surface area contributed by atoms with E-state index in [4.69, 9.17) is 0 Å². The van der Waals surface area contributed by atoms with Crippen LogP contribution < -0.4 is 0 Å². The molecule has 0 aromatic heterocycles. The third-order valence-corrected chi connectivity index (χ3v) is 6.36. The molecular weight excluding hydrogens is 280 g/mol. The van der Waals surface area contributed by atoms with E-state index < -0.39 is 0 Å². The zero-order valence-corrected chi connectivity index (χ0v) is 9.97. The van der Waals surface area contributed by atoms with E-state index in [1.807, 2.05) is 0 Å². The maximum absolute atomic E-state index is 3.66. The van der Waals surface area contributed by atoms with Gasteiger partial charge in [0.05, 0.1) is 0 Å². The van der Waals surface area contributed by atoms with Crippen molar-refractivity contribution in [1.82, 2.24) is 0 Å². The van der Waals surface area contributed by atoms with Gasteiger partial charge in [-0.05, 0) is 5.56 Å². The molecule has 1 fully saturated rings. The van der Waals surface area contributed by atoms with Crippen molar-refractivity contribution in [2.24, 2.45) is 0 Å². The minimum Gasteiger partial charge on any atom is -0.0868 e. The molecule has 12 heavy (non-hydrogen) atoms. The van der Waals surface area contributed by atoms with Crippen LogP contribution >= 0.6 is 31.9 Å². The predicted octanol–water partition coefficient (Wildman–Crippen LogP) is 3.48. The summed E-state index contributed by atoms with van der Waals surface area (Å²) >= 11 is 7.32. The highest BCUT2D eigenvalue weighted by Gasteiger charge is 2.59. The third-order valence-electron chi connectivity index (χ3n) is 2.69. The van der Waals surface area contributed by atoms with Gasteiger partial charge in [-0.15, -0.1) is 0 Å². The van der Waals surface area contributed by atoms with Crippen LogP contribution in [0.4, 0.5) is 0 Å². The van der Waals surface area contributed by atoms with E-state index in [9.17, 15) is 0 Å². The fourth-order valence-electron chi connectivity index (χ4n) is 1.53. The number of rotatable bonds is 1. The van der Waals surface area contributed by atoms with Gasteiger partial charge in [-0.2, -0.15) is 0 Å². The minimum atomic E-state index is 0.293. The van der Waals surface area contributed by atoms with Gasteiger partial charge in [0, 0.05) is 15.1 Å². The Hall–Kier alpha value is 0.180. The normalized spacial score (nSPS) is 39.6. The zero-order valence-electron chi connectivity index (χ0n) is 6.80. The van der Waals surface area contributed by atoms with Gasteiger partial charge in [-0.25, -0.2) is 0 Å². The lowest BCUT2D eigenvalue weighted by molar-refractivity contribution is 0.802. The van der Waals surface area contributed by atoms with Crippen LogP contribution in [-0.2, 0) is 5.41 Å². The lowest BCUT2D eigenvalue weighted by Gasteiger charge is -2.08. The topological polar surface area (TPSA) is 0 Å². The molecule has 0 saturated heterocycles. The van der Waals surface area contributed by atoms with Crippen LogP contribution in [0, 0.1) is 0 Å². The van der Waals surface area contributed by atoms with Crippen molar-refractivity contribution in [1.29, 1.82) is 0 Å². The Bertz CT molecular complexity index is 273. The smallest absolute Gasteiger partial charge is 0.0385 e. The second kappa shape index (κ2) is 2.85. The van der Waals surface area contributed by atoms with E-state index >= 15 is 0 Å². The number of hydrogen-bond donors (Lipinski definition) is 0. The van der Waals surface area contributed by atoms with Crippen LogP contribution in [0.5, 0.6) is 0 Å². The van der Waals surface area contributed by atoms with Gasteiger partial charge >= 0.3 is 0 Å². The van der Waals surface area contributed by atoms with Gasteiger partial charge < -0.3 is 0 Å². The molecule has 0 aliphatic heterocycles. The van der Waals surface area contributed by atoms with Crippen molar-refractivity contribution in [3.05, 3.63) is 35.9 Å². The Morgan fingerprint density at radius 3 is 2.00 bits per heavy atom. The molecular formula is C10H10Br2. The molecule has 0 spiro atoms. The SMILES string of the molecule is CC1(c2ccccc2)C(Br)C1Br. The van der Waals surface area contributed by atoms with Gasteiger partial charge in [0.15, 0.2) is 0 Å². The summed E-state index contributed by atoms with van der Waals surface area (Å²) in [6.45, 7) is 2.28. The monoisotopic (exact) mass is 288 g/mol. The molecule has 2 unspecified atom stereocenters. The highest BCUT2D eigenvalue weighted by molar-refractivity contribution is 9.13. The fourth-order valence-corrected chi connectivity index (χ4v) is 3.77. The van der Waals surface area contributed by atoms with E-state index in [1.165, 1.54) is 5.56 Å². The van der Waals surface area contributed by atoms with Gasteiger partial charge in [0.2, 0.25) is 0 Å². The molecule has 64 valence electrons. The molecule has 2 rings (SSSR count). The maximum atomic E-state index is 3.66. The molecule has 0 nitrogen and oxygen atoms in total. The first-order chi connectivity index (χ1) is 5.67. The van der Waals surface area contributed by atoms with E-state index in [0.29, 0.717) is 15.1 Å². The average molecular weight is 290 g/mol. The van der Waals surface area contributed by atoms with E-state index in [1.54, 1.807) is 0 Å². The van der Waals surface area contributed by atoms with Gasteiger partial charge in [-0.3, -0.25) is 0 Å². The molecule has 1 aliphatic carbocycles. The van der Waals surface area contributed by atoms with Crippen LogP contribution in [0.3, 0.4) is 0 Å². The summed E-state index contributed by atoms with van der Waals surface area (Å²) in [5.41, 5.74) is 1.70. The summed E-state index contributed by atoms with van der Waals surface area (Å²) in [5, 5.41) is 0. The van der Waals surface area contributed by atoms with Crippen LogP contribution in [0.1, 0.15) is 12.5 Å². The molecule has 1 aliphatic rings. The van der Waals surface area contributed by atoms with Crippen molar-refractivity contribution in [2.45, 2.75) is 22.0 Å². The molecule has 0 N–H and O–H groups in total. The third kappa shape index (κ3) is 1.08. The summed E-state index contributed by atoms with van der Waals surface area (Å²) in [4.78, 5) is 1.15. The van der Waals surface area contributed by atoms with Gasteiger partial charge in [0.1, 0.15) is 0 Å². The Morgan fingerprint density at radius 1 is 1.08 bits per heavy atom. The Kier molecular flexibility index (Phi) is 2.08. The summed E-state index contributed by atoms with van der Waals surface area (Å²) in [6, 6.07) is 10.6. The molecule has 1 aromatic carbocycles. The van der Waals surface area contributed by atoms with Crippen molar-refractivity contribution >= 4 is 31.9 Å². The Balaban J connectivity index is 2.34. The van der Waals surface area contributed by atoms with Crippen LogP contribution in [0.2, 0.25) is 0 Å². The summed E-state index contributed by atoms with van der Waals surface area (Å²) in [5.74, 6) is 0. The van der Waals surface area contributed by atoms with Crippen molar-refractivity contribution in [3.63, 3.8) is 0 Å². The van der Waals surface area contributed by atoms with Gasteiger partial charge in [-0.1, -0.05) is 69.1 Å². The van der Waals surface area contributed by atoms with Crippen LogP contribution in [0.15, 0.2) is 30.3 Å². The maximum Gasteiger partial charge on any atom is 0.0385 e. The van der Waals surface area contributed by atoms with E-state index in [-0.39, 0.29) is 0 Å². The molecule has 1 aromatic rings. The number of hydrogen-bond acceptors (Lipinski definition) is 0. The minimum absolute atomic E-state index is 0.293. The zero-order chi connectivity index (χ0) is 8.77. The summed E-state index contributed by atoms with van der Waals surface area (Å²) in [7, 11) is 0. The van der Waals surface area contributed by atoms with E-state index in [0.717, 1.165) is 0 Å². The molecule has 0 amide bonds. The first-order valence-electron chi connectivity index (χ1n) is 4.01. The standard InChI is InChI=1S/C10H10Br2/c1-10(8(11)9(10)12)7-5-3-2-4-6-7/h2-6,8-9H,1H3. The lowest BCUT2D eigenvalue weighted by Crippen LogP contribution is -2.05. The highest BCUT2D eigenvalue weighted by Crippen LogP contribution is 2.57. The Morgan fingerprint density at radius 2 is 1.58 bits per heavy atom. The molecule has 0 heterocycles.